The summed E-state index contributed by atoms with van der Waals surface area (Å²) in [5.74, 6) is 0.191. The summed E-state index contributed by atoms with van der Waals surface area (Å²) in [6, 6.07) is 24.1. The molecule has 0 fully saturated rings. The smallest absolute Gasteiger partial charge is 0.261 e. The Kier molecular flexibility index (Phi) is 9.54. The van der Waals surface area contributed by atoms with Crippen LogP contribution in [0.1, 0.15) is 44.4 Å². The first-order chi connectivity index (χ1) is 17.2. The largest absolute Gasteiger partial charge is 0.483 e. The molecule has 0 aromatic heterocycles. The Balaban J connectivity index is 1.92. The van der Waals surface area contributed by atoms with Gasteiger partial charge in [0.05, 0.1) is 0 Å². The number of benzene rings is 3. The third kappa shape index (κ3) is 7.59. The van der Waals surface area contributed by atoms with E-state index in [9.17, 15) is 9.59 Å². The number of nitrogens with zero attached hydrogens (tertiary/aromatic N) is 1. The summed E-state index contributed by atoms with van der Waals surface area (Å²) in [5, 5.41) is 3.48. The summed E-state index contributed by atoms with van der Waals surface area (Å²) in [6.45, 7) is 8.71. The maximum Gasteiger partial charge on any atom is 0.261 e. The average molecular weight is 507 g/mol. The second kappa shape index (κ2) is 12.6. The van der Waals surface area contributed by atoms with Crippen molar-refractivity contribution in [1.29, 1.82) is 0 Å². The second-order valence-corrected chi connectivity index (χ2v) is 10.2. The molecule has 0 aliphatic carbocycles. The molecule has 0 aliphatic rings. The predicted molar refractivity (Wildman–Crippen MR) is 145 cm³/mol. The van der Waals surface area contributed by atoms with Crippen LogP contribution < -0.4 is 10.1 Å². The lowest BCUT2D eigenvalue weighted by Crippen LogP contribution is -2.51. The molecule has 2 amide bonds. The molecular formula is C30H35ClN2O3. The molecule has 3 rings (SSSR count). The van der Waals surface area contributed by atoms with E-state index in [0.717, 1.165) is 16.7 Å². The van der Waals surface area contributed by atoms with Crippen molar-refractivity contribution in [2.24, 2.45) is 0 Å². The van der Waals surface area contributed by atoms with E-state index in [4.69, 9.17) is 16.3 Å². The fourth-order valence-corrected chi connectivity index (χ4v) is 4.33. The number of likely N-dealkylation sites (N-methyl/N-ethyl adjacent to an activating group) is 1. The molecule has 3 aromatic carbocycles. The summed E-state index contributed by atoms with van der Waals surface area (Å²) in [6.07, 6.45) is 0.386. The highest BCUT2D eigenvalue weighted by atomic mass is 35.5. The van der Waals surface area contributed by atoms with E-state index in [2.05, 4.69) is 26.1 Å². The lowest BCUT2D eigenvalue weighted by molar-refractivity contribution is -0.142. The molecular weight excluding hydrogens is 472 g/mol. The van der Waals surface area contributed by atoms with Crippen molar-refractivity contribution < 1.29 is 14.3 Å². The van der Waals surface area contributed by atoms with Gasteiger partial charge in [0.2, 0.25) is 5.91 Å². The molecule has 190 valence electrons. The van der Waals surface area contributed by atoms with Crippen LogP contribution in [-0.2, 0) is 28.0 Å². The fraction of sp³-hybridized carbons (Fsp3) is 0.333. The maximum atomic E-state index is 13.7. The van der Waals surface area contributed by atoms with Crippen LogP contribution in [0, 0.1) is 0 Å². The van der Waals surface area contributed by atoms with E-state index in [1.807, 2.05) is 79.7 Å². The topological polar surface area (TPSA) is 58.6 Å². The minimum atomic E-state index is -0.708. The molecule has 0 saturated carbocycles. The molecule has 1 atom stereocenters. The lowest BCUT2D eigenvalue weighted by atomic mass is 9.86. The molecule has 0 spiro atoms. The molecule has 0 radical (unpaired) electrons. The highest BCUT2D eigenvalue weighted by molar-refractivity contribution is 6.30. The number of rotatable bonds is 10. The number of hydrogen-bond acceptors (Lipinski definition) is 3. The number of ether oxygens (including phenoxy) is 1. The van der Waals surface area contributed by atoms with Crippen LogP contribution in [-0.4, -0.2) is 35.9 Å². The molecule has 0 saturated heterocycles. The second-order valence-electron chi connectivity index (χ2n) is 9.79. The first kappa shape index (κ1) is 27.3. The molecule has 36 heavy (non-hydrogen) atoms. The quantitative estimate of drug-likeness (QED) is 0.378. The SMILES string of the molecule is CCNC(=O)[C@H](Cc1ccccc1)N(Cc1cccc(Cl)c1)C(=O)COc1ccccc1C(C)(C)C. The minimum Gasteiger partial charge on any atom is -0.483 e. The van der Waals surface area contributed by atoms with Gasteiger partial charge in [-0.15, -0.1) is 0 Å². The summed E-state index contributed by atoms with van der Waals surface area (Å²) < 4.78 is 6.06. The number of nitrogens with one attached hydrogen (secondary N) is 1. The standard InChI is InChI=1S/C30H35ClN2O3/c1-5-32-29(35)26(19-22-12-7-6-8-13-22)33(20-23-14-11-15-24(31)18-23)28(34)21-36-27-17-10-9-16-25(27)30(2,3)4/h6-18,26H,5,19-21H2,1-4H3,(H,32,35)/t26-/m0/s1. The minimum absolute atomic E-state index is 0.142. The number of carbonyl (C=O) groups is 2. The van der Waals surface area contributed by atoms with E-state index < -0.39 is 6.04 Å². The Morgan fingerprint density at radius 3 is 2.28 bits per heavy atom. The molecule has 0 heterocycles. The van der Waals surface area contributed by atoms with Crippen LogP contribution >= 0.6 is 11.6 Å². The molecule has 0 bridgehead atoms. The zero-order chi connectivity index (χ0) is 26.1. The summed E-state index contributed by atoms with van der Waals surface area (Å²) in [4.78, 5) is 28.5. The Bertz CT molecular complexity index is 1160. The normalized spacial score (nSPS) is 12.0. The van der Waals surface area contributed by atoms with Crippen LogP contribution in [0.2, 0.25) is 5.02 Å². The van der Waals surface area contributed by atoms with Gasteiger partial charge < -0.3 is 15.0 Å². The van der Waals surface area contributed by atoms with Crippen molar-refractivity contribution in [1.82, 2.24) is 10.2 Å². The Labute approximate surface area is 219 Å². The monoisotopic (exact) mass is 506 g/mol. The lowest BCUT2D eigenvalue weighted by Gasteiger charge is -2.32. The van der Waals surface area contributed by atoms with Gasteiger partial charge in [0, 0.05) is 24.5 Å². The third-order valence-corrected chi connectivity index (χ3v) is 6.15. The van der Waals surface area contributed by atoms with Crippen LogP contribution in [0.3, 0.4) is 0 Å². The van der Waals surface area contributed by atoms with Gasteiger partial charge in [-0.3, -0.25) is 9.59 Å². The number of hydrogen-bond donors (Lipinski definition) is 1. The fourth-order valence-electron chi connectivity index (χ4n) is 4.11. The molecule has 0 aliphatic heterocycles. The zero-order valence-electron chi connectivity index (χ0n) is 21.5. The van der Waals surface area contributed by atoms with Crippen LogP contribution in [0.25, 0.3) is 0 Å². The van der Waals surface area contributed by atoms with E-state index in [1.165, 1.54) is 0 Å². The molecule has 6 heteroatoms. The van der Waals surface area contributed by atoms with Crippen molar-refractivity contribution in [3.05, 3.63) is 101 Å². The highest BCUT2D eigenvalue weighted by Crippen LogP contribution is 2.31. The van der Waals surface area contributed by atoms with Crippen molar-refractivity contribution in [3.63, 3.8) is 0 Å². The summed E-state index contributed by atoms with van der Waals surface area (Å²) in [7, 11) is 0. The van der Waals surface area contributed by atoms with Gasteiger partial charge >= 0.3 is 0 Å². The van der Waals surface area contributed by atoms with E-state index in [1.54, 1.807) is 11.0 Å². The zero-order valence-corrected chi connectivity index (χ0v) is 22.2. The van der Waals surface area contributed by atoms with E-state index in [-0.39, 0.29) is 30.4 Å². The van der Waals surface area contributed by atoms with Crippen molar-refractivity contribution >= 4 is 23.4 Å². The van der Waals surface area contributed by atoms with E-state index in [0.29, 0.717) is 23.7 Å². The number of carbonyl (C=O) groups excluding carboxylic acids is 2. The molecule has 1 N–H and O–H groups in total. The molecule has 5 nitrogen and oxygen atoms in total. The first-order valence-corrected chi connectivity index (χ1v) is 12.6. The van der Waals surface area contributed by atoms with Crippen LogP contribution in [0.5, 0.6) is 5.75 Å². The van der Waals surface area contributed by atoms with Crippen molar-refractivity contribution in [2.75, 3.05) is 13.2 Å². The summed E-state index contributed by atoms with van der Waals surface area (Å²) in [5.41, 5.74) is 2.69. The van der Waals surface area contributed by atoms with Gasteiger partial charge in [0.25, 0.3) is 5.91 Å². The Morgan fingerprint density at radius 2 is 1.61 bits per heavy atom. The number of halogens is 1. The first-order valence-electron chi connectivity index (χ1n) is 12.3. The maximum absolute atomic E-state index is 13.7. The Morgan fingerprint density at radius 1 is 0.944 bits per heavy atom. The van der Waals surface area contributed by atoms with Gasteiger partial charge in [-0.2, -0.15) is 0 Å². The van der Waals surface area contributed by atoms with Crippen LogP contribution in [0.15, 0.2) is 78.9 Å². The predicted octanol–water partition coefficient (Wildman–Crippen LogP) is 5.79. The van der Waals surface area contributed by atoms with Crippen molar-refractivity contribution in [3.8, 4) is 5.75 Å². The van der Waals surface area contributed by atoms with Crippen molar-refractivity contribution in [2.45, 2.75) is 52.1 Å². The van der Waals surface area contributed by atoms with Gasteiger partial charge in [0.1, 0.15) is 11.8 Å². The van der Waals surface area contributed by atoms with Gasteiger partial charge in [-0.05, 0) is 47.2 Å². The number of amides is 2. The number of para-hydroxylation sites is 1. The molecule has 0 unspecified atom stereocenters. The van der Waals surface area contributed by atoms with Gasteiger partial charge in [0.15, 0.2) is 6.61 Å². The summed E-state index contributed by atoms with van der Waals surface area (Å²) >= 11 is 6.22. The third-order valence-electron chi connectivity index (χ3n) is 5.91. The van der Waals surface area contributed by atoms with Gasteiger partial charge in [-0.25, -0.2) is 0 Å². The van der Waals surface area contributed by atoms with Gasteiger partial charge in [-0.1, -0.05) is 93.0 Å². The van der Waals surface area contributed by atoms with E-state index >= 15 is 0 Å². The average Bonchev–Trinajstić information content (AvgIpc) is 2.85. The highest BCUT2D eigenvalue weighted by Gasteiger charge is 2.31. The van der Waals surface area contributed by atoms with Crippen LogP contribution in [0.4, 0.5) is 0 Å². The Hall–Kier alpha value is -3.31. The molecule has 3 aromatic rings.